The third-order valence-corrected chi connectivity index (χ3v) is 5.13. The van der Waals surface area contributed by atoms with E-state index in [0.717, 1.165) is 41.5 Å². The van der Waals surface area contributed by atoms with Gasteiger partial charge in [-0.2, -0.15) is 5.10 Å². The number of halogens is 1. The predicted molar refractivity (Wildman–Crippen MR) is 124 cm³/mol. The molecule has 0 saturated heterocycles. The van der Waals surface area contributed by atoms with Crippen LogP contribution in [0.1, 0.15) is 73.9 Å². The number of carbonyl (C=O) groups excluding carboxylic acids is 1. The van der Waals surface area contributed by atoms with E-state index in [0.29, 0.717) is 12.2 Å². The Morgan fingerprint density at radius 1 is 1.03 bits per heavy atom. The molecule has 29 heavy (non-hydrogen) atoms. The van der Waals surface area contributed by atoms with Gasteiger partial charge in [0.1, 0.15) is 5.75 Å². The standard InChI is InChI=1S/C24H31BrN2O2/c1-3-5-7-8-16-29-23-15-14-22(25)17-21(23)18-26-27-24(28)20-12-10-19(11-13-20)9-6-4-2/h10-15,17-18H,3-9,16H2,1-2H3,(H,27,28). The topological polar surface area (TPSA) is 50.7 Å². The molecule has 4 nitrogen and oxygen atoms in total. The molecular formula is C24H31BrN2O2. The van der Waals surface area contributed by atoms with Crippen LogP contribution in [0.3, 0.4) is 0 Å². The second-order valence-electron chi connectivity index (χ2n) is 7.09. The lowest BCUT2D eigenvalue weighted by atomic mass is 10.1. The molecule has 0 heterocycles. The Morgan fingerprint density at radius 3 is 2.52 bits per heavy atom. The second kappa shape index (κ2) is 13.2. The van der Waals surface area contributed by atoms with Crippen LogP contribution in [0.25, 0.3) is 0 Å². The summed E-state index contributed by atoms with van der Waals surface area (Å²) in [6, 6.07) is 13.5. The Hall–Kier alpha value is -2.14. The van der Waals surface area contributed by atoms with Gasteiger partial charge in [-0.25, -0.2) is 5.43 Å². The number of nitrogens with zero attached hydrogens (tertiary/aromatic N) is 1. The van der Waals surface area contributed by atoms with E-state index < -0.39 is 0 Å². The summed E-state index contributed by atoms with van der Waals surface area (Å²) in [5.41, 5.74) is 5.28. The molecule has 0 spiro atoms. The van der Waals surface area contributed by atoms with Gasteiger partial charge >= 0.3 is 0 Å². The normalized spacial score (nSPS) is 11.0. The predicted octanol–water partition coefficient (Wildman–Crippen LogP) is 6.51. The summed E-state index contributed by atoms with van der Waals surface area (Å²) in [4.78, 5) is 12.3. The smallest absolute Gasteiger partial charge is 0.271 e. The first-order valence-corrected chi connectivity index (χ1v) is 11.3. The van der Waals surface area contributed by atoms with Crippen LogP contribution in [0.15, 0.2) is 52.0 Å². The second-order valence-corrected chi connectivity index (χ2v) is 8.01. The van der Waals surface area contributed by atoms with Crippen molar-refractivity contribution in [3.8, 4) is 5.75 Å². The van der Waals surface area contributed by atoms with Crippen LogP contribution in [-0.2, 0) is 6.42 Å². The Morgan fingerprint density at radius 2 is 1.79 bits per heavy atom. The number of amides is 1. The summed E-state index contributed by atoms with van der Waals surface area (Å²) in [6.45, 7) is 5.05. The maximum atomic E-state index is 12.3. The largest absolute Gasteiger partial charge is 0.493 e. The number of hydrogen-bond acceptors (Lipinski definition) is 3. The number of carbonyl (C=O) groups is 1. The minimum Gasteiger partial charge on any atom is -0.493 e. The Labute approximate surface area is 182 Å². The highest BCUT2D eigenvalue weighted by Gasteiger charge is 2.06. The number of rotatable bonds is 12. The van der Waals surface area contributed by atoms with Crippen LogP contribution in [0.4, 0.5) is 0 Å². The summed E-state index contributed by atoms with van der Waals surface area (Å²) in [6.07, 6.45) is 9.62. The molecule has 0 fully saturated rings. The lowest BCUT2D eigenvalue weighted by Gasteiger charge is -2.09. The summed E-state index contributed by atoms with van der Waals surface area (Å²) >= 11 is 3.48. The number of hydrazone groups is 1. The molecule has 1 amide bonds. The third-order valence-electron chi connectivity index (χ3n) is 4.63. The molecule has 156 valence electrons. The summed E-state index contributed by atoms with van der Waals surface area (Å²) < 4.78 is 6.84. The number of unbranched alkanes of at least 4 members (excludes halogenated alkanes) is 4. The van der Waals surface area contributed by atoms with Gasteiger partial charge in [0.05, 0.1) is 12.8 Å². The lowest BCUT2D eigenvalue weighted by molar-refractivity contribution is 0.0955. The third kappa shape index (κ3) is 8.40. The molecule has 5 heteroatoms. The first-order chi connectivity index (χ1) is 14.1. The molecule has 2 rings (SSSR count). The van der Waals surface area contributed by atoms with Gasteiger partial charge in [0, 0.05) is 15.6 Å². The quantitative estimate of drug-likeness (QED) is 0.223. The van der Waals surface area contributed by atoms with Gasteiger partial charge in [-0.1, -0.05) is 67.6 Å². The van der Waals surface area contributed by atoms with Crippen LogP contribution in [0.5, 0.6) is 5.75 Å². The zero-order valence-corrected chi connectivity index (χ0v) is 19.0. The number of aryl methyl sites for hydroxylation is 1. The van der Waals surface area contributed by atoms with E-state index in [1.165, 1.54) is 24.8 Å². The SMILES string of the molecule is CCCCCCOc1ccc(Br)cc1C=NNC(=O)c1ccc(CCCC)cc1. The first-order valence-electron chi connectivity index (χ1n) is 10.5. The fourth-order valence-corrected chi connectivity index (χ4v) is 3.27. The number of hydrogen-bond donors (Lipinski definition) is 1. The number of nitrogens with one attached hydrogen (secondary N) is 1. The van der Waals surface area contributed by atoms with Crippen LogP contribution < -0.4 is 10.2 Å². The van der Waals surface area contributed by atoms with Crippen molar-refractivity contribution >= 4 is 28.1 Å². The Kier molecular flexibility index (Phi) is 10.5. The van der Waals surface area contributed by atoms with Crippen molar-refractivity contribution in [2.75, 3.05) is 6.61 Å². The van der Waals surface area contributed by atoms with E-state index in [1.807, 2.05) is 42.5 Å². The van der Waals surface area contributed by atoms with Crippen molar-refractivity contribution in [3.05, 3.63) is 63.6 Å². The minimum absolute atomic E-state index is 0.222. The van der Waals surface area contributed by atoms with Gasteiger partial charge in [0.15, 0.2) is 0 Å². The summed E-state index contributed by atoms with van der Waals surface area (Å²) in [7, 11) is 0. The van der Waals surface area contributed by atoms with Crippen molar-refractivity contribution in [2.24, 2.45) is 5.10 Å². The first kappa shape index (κ1) is 23.1. The average molecular weight is 459 g/mol. The van der Waals surface area contributed by atoms with Crippen LogP contribution in [0.2, 0.25) is 0 Å². The van der Waals surface area contributed by atoms with E-state index in [4.69, 9.17) is 4.74 Å². The van der Waals surface area contributed by atoms with E-state index in [-0.39, 0.29) is 5.91 Å². The molecule has 2 aromatic carbocycles. The molecule has 0 unspecified atom stereocenters. The van der Waals surface area contributed by atoms with Gasteiger partial charge in [-0.3, -0.25) is 4.79 Å². The fourth-order valence-electron chi connectivity index (χ4n) is 2.89. The molecule has 1 N–H and O–H groups in total. The minimum atomic E-state index is -0.222. The van der Waals surface area contributed by atoms with Gasteiger partial charge in [0.2, 0.25) is 0 Å². The molecule has 0 aliphatic rings. The molecule has 0 bridgehead atoms. The maximum Gasteiger partial charge on any atom is 0.271 e. The monoisotopic (exact) mass is 458 g/mol. The molecule has 0 aliphatic heterocycles. The van der Waals surface area contributed by atoms with Crippen molar-refractivity contribution in [1.29, 1.82) is 0 Å². The fraction of sp³-hybridized carbons (Fsp3) is 0.417. The highest BCUT2D eigenvalue weighted by molar-refractivity contribution is 9.10. The van der Waals surface area contributed by atoms with Gasteiger partial charge in [0.25, 0.3) is 5.91 Å². The number of ether oxygens (including phenoxy) is 1. The van der Waals surface area contributed by atoms with Gasteiger partial charge in [-0.05, 0) is 55.2 Å². The van der Waals surface area contributed by atoms with E-state index in [9.17, 15) is 4.79 Å². The van der Waals surface area contributed by atoms with E-state index >= 15 is 0 Å². The van der Waals surface area contributed by atoms with Crippen molar-refractivity contribution in [2.45, 2.75) is 58.8 Å². The molecule has 0 radical (unpaired) electrons. The van der Waals surface area contributed by atoms with Crippen molar-refractivity contribution in [3.63, 3.8) is 0 Å². The lowest BCUT2D eigenvalue weighted by Crippen LogP contribution is -2.17. The van der Waals surface area contributed by atoms with Crippen molar-refractivity contribution < 1.29 is 9.53 Å². The Balaban J connectivity index is 1.92. The van der Waals surface area contributed by atoms with Crippen LogP contribution >= 0.6 is 15.9 Å². The van der Waals surface area contributed by atoms with E-state index in [1.54, 1.807) is 6.21 Å². The van der Waals surface area contributed by atoms with Gasteiger partial charge in [-0.15, -0.1) is 0 Å². The zero-order chi connectivity index (χ0) is 20.9. The van der Waals surface area contributed by atoms with E-state index in [2.05, 4.69) is 40.3 Å². The molecule has 0 saturated carbocycles. The zero-order valence-electron chi connectivity index (χ0n) is 17.4. The maximum absolute atomic E-state index is 12.3. The molecular weight excluding hydrogens is 428 g/mol. The average Bonchev–Trinajstić information content (AvgIpc) is 2.73. The molecule has 0 aromatic heterocycles. The van der Waals surface area contributed by atoms with Crippen molar-refractivity contribution in [1.82, 2.24) is 5.43 Å². The highest BCUT2D eigenvalue weighted by Crippen LogP contribution is 2.22. The Bertz CT molecular complexity index is 788. The summed E-state index contributed by atoms with van der Waals surface area (Å²) in [5, 5.41) is 4.12. The number of benzene rings is 2. The van der Waals surface area contributed by atoms with Crippen LogP contribution in [-0.4, -0.2) is 18.7 Å². The van der Waals surface area contributed by atoms with Crippen LogP contribution in [0, 0.1) is 0 Å². The molecule has 2 aromatic rings. The molecule has 0 atom stereocenters. The van der Waals surface area contributed by atoms with Gasteiger partial charge < -0.3 is 4.74 Å². The summed E-state index contributed by atoms with van der Waals surface area (Å²) in [5.74, 6) is 0.545. The highest BCUT2D eigenvalue weighted by atomic mass is 79.9. The molecule has 0 aliphatic carbocycles.